The van der Waals surface area contributed by atoms with Gasteiger partial charge in [-0.05, 0) is 37.1 Å². The zero-order chi connectivity index (χ0) is 26.9. The molecule has 11 heteroatoms. The van der Waals surface area contributed by atoms with Crippen LogP contribution in [0.25, 0.3) is 16.0 Å². The third kappa shape index (κ3) is 5.73. The van der Waals surface area contributed by atoms with Crippen LogP contribution in [0.2, 0.25) is 0 Å². The predicted octanol–water partition coefficient (Wildman–Crippen LogP) is 3.52. The van der Waals surface area contributed by atoms with Gasteiger partial charge in [0.2, 0.25) is 5.88 Å². The first-order chi connectivity index (χ1) is 18.2. The lowest BCUT2D eigenvalue weighted by Crippen LogP contribution is -2.16. The van der Waals surface area contributed by atoms with Crippen molar-refractivity contribution in [3.8, 4) is 28.5 Å². The van der Waals surface area contributed by atoms with Crippen LogP contribution in [0.4, 0.5) is 0 Å². The van der Waals surface area contributed by atoms with Gasteiger partial charge in [0.05, 0.1) is 17.3 Å². The second-order valence-corrected chi connectivity index (χ2v) is 12.5. The zero-order valence-corrected chi connectivity index (χ0v) is 22.4. The molecule has 2 aromatic carbocycles. The summed E-state index contributed by atoms with van der Waals surface area (Å²) in [6.07, 6.45) is 2.63. The van der Waals surface area contributed by atoms with Crippen molar-refractivity contribution in [3.63, 3.8) is 0 Å². The molecule has 9 nitrogen and oxygen atoms in total. The molecule has 38 heavy (non-hydrogen) atoms. The summed E-state index contributed by atoms with van der Waals surface area (Å²) in [6, 6.07) is 16.7. The number of fused-ring (bicyclic) bond motifs is 1. The zero-order valence-electron chi connectivity index (χ0n) is 20.8. The highest BCUT2D eigenvalue weighted by Gasteiger charge is 2.29. The molecule has 2 aliphatic rings. The number of pyridine rings is 1. The Morgan fingerprint density at radius 3 is 2.58 bits per heavy atom. The van der Waals surface area contributed by atoms with E-state index < -0.39 is 20.8 Å². The SMILES string of the molecule is Cc1nc(OCCCS(C)(=O)=O)ccc1-c1cccc2c1OC[C@H]2Oc1ccc(C2=CC(=O)NS2=O)cc1. The third-order valence-corrected chi connectivity index (χ3v) is 8.27. The number of aromatic nitrogens is 1. The summed E-state index contributed by atoms with van der Waals surface area (Å²) in [5.41, 5.74) is 4.16. The second-order valence-electron chi connectivity index (χ2n) is 9.02. The number of aryl methyl sites for hydroxylation is 1. The number of rotatable bonds is 9. The van der Waals surface area contributed by atoms with Gasteiger partial charge in [-0.1, -0.05) is 30.3 Å². The Hall–Kier alpha value is -3.70. The van der Waals surface area contributed by atoms with Crippen LogP contribution in [-0.4, -0.2) is 48.7 Å². The molecule has 3 heterocycles. The number of nitrogens with zero attached hydrogens (tertiary/aromatic N) is 1. The van der Waals surface area contributed by atoms with Gasteiger partial charge in [0.25, 0.3) is 5.91 Å². The van der Waals surface area contributed by atoms with Crippen LogP contribution in [-0.2, 0) is 25.6 Å². The fourth-order valence-electron chi connectivity index (χ4n) is 4.33. The molecule has 0 radical (unpaired) electrons. The molecule has 1 amide bonds. The van der Waals surface area contributed by atoms with Crippen LogP contribution in [0.5, 0.6) is 17.4 Å². The molecule has 1 N–H and O–H groups in total. The summed E-state index contributed by atoms with van der Waals surface area (Å²) in [7, 11) is -4.57. The maximum absolute atomic E-state index is 12.0. The van der Waals surface area contributed by atoms with E-state index in [0.29, 0.717) is 35.1 Å². The van der Waals surface area contributed by atoms with Gasteiger partial charge < -0.3 is 14.2 Å². The molecule has 0 saturated carbocycles. The number of carbonyl (C=O) groups excluding carboxylic acids is 1. The highest BCUT2D eigenvalue weighted by atomic mass is 32.2. The van der Waals surface area contributed by atoms with Crippen molar-refractivity contribution in [2.75, 3.05) is 25.2 Å². The Morgan fingerprint density at radius 2 is 1.89 bits per heavy atom. The van der Waals surface area contributed by atoms with Crippen molar-refractivity contribution in [1.29, 1.82) is 0 Å². The molecular weight excluding hydrogens is 528 g/mol. The molecule has 0 aliphatic carbocycles. The van der Waals surface area contributed by atoms with Crippen molar-refractivity contribution in [3.05, 3.63) is 77.5 Å². The molecule has 5 rings (SSSR count). The molecule has 3 aromatic rings. The molecule has 1 aromatic heterocycles. The van der Waals surface area contributed by atoms with Gasteiger partial charge in [-0.3, -0.25) is 9.52 Å². The van der Waals surface area contributed by atoms with E-state index in [2.05, 4.69) is 9.71 Å². The summed E-state index contributed by atoms with van der Waals surface area (Å²) in [6.45, 7) is 2.50. The molecular formula is C27H26N2O7S2. The highest BCUT2D eigenvalue weighted by Crippen LogP contribution is 2.43. The molecule has 0 fully saturated rings. The average Bonchev–Trinajstić information content (AvgIpc) is 3.44. The Balaban J connectivity index is 1.29. The van der Waals surface area contributed by atoms with Gasteiger partial charge in [-0.25, -0.2) is 17.6 Å². The Labute approximate surface area is 223 Å². The van der Waals surface area contributed by atoms with E-state index in [-0.39, 0.29) is 24.4 Å². The minimum atomic E-state index is -3.02. The van der Waals surface area contributed by atoms with Crippen molar-refractivity contribution < 1.29 is 31.6 Å². The van der Waals surface area contributed by atoms with Gasteiger partial charge >= 0.3 is 0 Å². The van der Waals surface area contributed by atoms with Crippen LogP contribution in [0.3, 0.4) is 0 Å². The van der Waals surface area contributed by atoms with Gasteiger partial charge in [0.1, 0.15) is 27.9 Å². The Morgan fingerprint density at radius 1 is 1.11 bits per heavy atom. The number of benzene rings is 2. The minimum Gasteiger partial charge on any atom is -0.488 e. The van der Waals surface area contributed by atoms with Crippen LogP contribution in [0.1, 0.15) is 29.3 Å². The molecule has 198 valence electrons. The average molecular weight is 555 g/mol. The van der Waals surface area contributed by atoms with E-state index in [9.17, 15) is 17.4 Å². The van der Waals surface area contributed by atoms with Gasteiger partial charge in [0.15, 0.2) is 17.1 Å². The van der Waals surface area contributed by atoms with Crippen LogP contribution >= 0.6 is 0 Å². The lowest BCUT2D eigenvalue weighted by Gasteiger charge is -2.14. The molecule has 0 spiro atoms. The molecule has 2 aliphatic heterocycles. The number of amides is 1. The third-order valence-electron chi connectivity index (χ3n) is 6.10. The highest BCUT2D eigenvalue weighted by molar-refractivity contribution is 7.94. The summed E-state index contributed by atoms with van der Waals surface area (Å²) in [5.74, 6) is 1.50. The van der Waals surface area contributed by atoms with E-state index in [1.54, 1.807) is 30.3 Å². The Kier molecular flexibility index (Phi) is 7.22. The quantitative estimate of drug-likeness (QED) is 0.399. The first-order valence-corrected chi connectivity index (χ1v) is 15.1. The lowest BCUT2D eigenvalue weighted by atomic mass is 9.99. The number of nitrogens with one attached hydrogen (secondary N) is 1. The van der Waals surface area contributed by atoms with Crippen LogP contribution in [0.15, 0.2) is 60.7 Å². The largest absolute Gasteiger partial charge is 0.488 e. The van der Waals surface area contributed by atoms with Crippen molar-refractivity contribution in [2.45, 2.75) is 19.4 Å². The van der Waals surface area contributed by atoms with Crippen molar-refractivity contribution >= 4 is 31.6 Å². The summed E-state index contributed by atoms with van der Waals surface area (Å²) in [4.78, 5) is 16.4. The minimum absolute atomic E-state index is 0.0719. The first kappa shape index (κ1) is 25.9. The Bertz CT molecular complexity index is 1550. The number of ether oxygens (including phenoxy) is 3. The topological polar surface area (TPSA) is 121 Å². The van der Waals surface area contributed by atoms with Crippen LogP contribution in [0, 0.1) is 6.92 Å². The number of hydrogen-bond acceptors (Lipinski definition) is 8. The molecule has 1 unspecified atom stereocenters. The summed E-state index contributed by atoms with van der Waals surface area (Å²) in [5, 5.41) is 0. The van der Waals surface area contributed by atoms with E-state index in [1.165, 1.54) is 12.3 Å². The number of carbonyl (C=O) groups is 1. The molecule has 0 saturated heterocycles. The second kappa shape index (κ2) is 10.6. The summed E-state index contributed by atoms with van der Waals surface area (Å²) >= 11 is 0. The maximum atomic E-state index is 12.0. The number of para-hydroxylation sites is 1. The van der Waals surface area contributed by atoms with Crippen LogP contribution < -0.4 is 18.9 Å². The predicted molar refractivity (Wildman–Crippen MR) is 144 cm³/mol. The van der Waals surface area contributed by atoms with Gasteiger partial charge in [0, 0.05) is 40.8 Å². The lowest BCUT2D eigenvalue weighted by molar-refractivity contribution is -0.114. The van der Waals surface area contributed by atoms with Crippen molar-refractivity contribution in [2.24, 2.45) is 0 Å². The standard InChI is InChI=1S/C27H26N2O7S2/c1-17-20(11-12-26(28-17)34-13-4-14-38(2,32)33)21-5-3-6-22-23(16-35-27(21)22)36-19-9-7-18(8-10-19)24-15-25(30)29-37(24)31/h3,5-12,15,23H,4,13-14,16H2,1-2H3,(H,29,30)/t23-,37?/m1/s1. The van der Waals surface area contributed by atoms with Crippen molar-refractivity contribution in [1.82, 2.24) is 9.71 Å². The normalized spacial score (nSPS) is 18.4. The number of sulfone groups is 1. The first-order valence-electron chi connectivity index (χ1n) is 11.9. The van der Waals surface area contributed by atoms with Gasteiger partial charge in [-0.2, -0.15) is 0 Å². The monoisotopic (exact) mass is 554 g/mol. The summed E-state index contributed by atoms with van der Waals surface area (Å²) < 4.78 is 54.8. The number of hydrogen-bond donors (Lipinski definition) is 1. The fourth-order valence-corrected chi connectivity index (χ4v) is 5.89. The molecule has 0 bridgehead atoms. The van der Waals surface area contributed by atoms with Gasteiger partial charge in [-0.15, -0.1) is 0 Å². The van der Waals surface area contributed by atoms with E-state index in [1.807, 2.05) is 31.2 Å². The molecule has 2 atom stereocenters. The van der Waals surface area contributed by atoms with E-state index in [0.717, 1.165) is 28.1 Å². The maximum Gasteiger partial charge on any atom is 0.257 e. The van der Waals surface area contributed by atoms with E-state index >= 15 is 0 Å². The fraction of sp³-hybridized carbons (Fsp3) is 0.259. The smallest absolute Gasteiger partial charge is 0.257 e. The van der Waals surface area contributed by atoms with E-state index in [4.69, 9.17) is 14.2 Å².